The van der Waals surface area contributed by atoms with E-state index in [0.29, 0.717) is 0 Å². The molecule has 88 valence electrons. The van der Waals surface area contributed by atoms with Gasteiger partial charge in [0.2, 0.25) is 5.75 Å². The normalized spacial score (nSPS) is 9.47. The molecule has 0 aliphatic rings. The van der Waals surface area contributed by atoms with E-state index in [1.165, 1.54) is 13.2 Å². The number of carbonyl (C=O) groups excluding carboxylic acids is 1. The summed E-state index contributed by atoms with van der Waals surface area (Å²) in [7, 11) is 1.21. The van der Waals surface area contributed by atoms with Crippen LogP contribution in [0, 0.1) is 21.4 Å². The van der Waals surface area contributed by atoms with Gasteiger partial charge < -0.3 is 4.74 Å². The number of ether oxygens (including phenoxy) is 1. The number of nitriles is 1. The number of nitro benzene ring substituents is 1. The Balaban J connectivity index is 3.57. The van der Waals surface area contributed by atoms with Gasteiger partial charge in [-0.15, -0.1) is 11.6 Å². The lowest BCUT2D eigenvalue weighted by molar-refractivity contribution is -0.385. The van der Waals surface area contributed by atoms with Crippen LogP contribution >= 0.6 is 11.6 Å². The number of alkyl halides is 1. The molecule has 7 heteroatoms. The van der Waals surface area contributed by atoms with Crippen LogP contribution in [0.25, 0.3) is 0 Å². The highest BCUT2D eigenvalue weighted by molar-refractivity contribution is 6.31. The Morgan fingerprint density at radius 2 is 2.29 bits per heavy atom. The highest BCUT2D eigenvalue weighted by Gasteiger charge is 2.24. The molecule has 0 heterocycles. The van der Waals surface area contributed by atoms with Gasteiger partial charge in [-0.2, -0.15) is 5.26 Å². The molecule has 0 radical (unpaired) electrons. The predicted molar refractivity (Wildman–Crippen MR) is 59.4 cm³/mol. The number of benzene rings is 1. The van der Waals surface area contributed by atoms with E-state index < -0.39 is 16.4 Å². The lowest BCUT2D eigenvalue weighted by atomic mass is 10.1. The number of nitrogens with zero attached hydrogens (tertiary/aromatic N) is 2. The number of hydrogen-bond donors (Lipinski definition) is 0. The second-order valence-electron chi connectivity index (χ2n) is 3.00. The molecule has 0 bridgehead atoms. The summed E-state index contributed by atoms with van der Waals surface area (Å²) in [4.78, 5) is 21.6. The molecule has 1 aromatic rings. The van der Waals surface area contributed by atoms with E-state index in [0.717, 1.165) is 6.07 Å². The number of rotatable bonds is 4. The second kappa shape index (κ2) is 5.27. The molecular weight excluding hydrogens is 248 g/mol. The maximum absolute atomic E-state index is 11.5. The molecular formula is C10H7ClN2O4. The fourth-order valence-electron chi connectivity index (χ4n) is 1.31. The molecule has 0 spiro atoms. The van der Waals surface area contributed by atoms with Crippen LogP contribution in [0.1, 0.15) is 15.9 Å². The van der Waals surface area contributed by atoms with Gasteiger partial charge in [-0.05, 0) is 6.07 Å². The van der Waals surface area contributed by atoms with E-state index in [1.54, 1.807) is 6.07 Å². The number of carbonyl (C=O) groups is 1. The predicted octanol–water partition coefficient (Wildman–Crippen LogP) is 1.90. The van der Waals surface area contributed by atoms with Gasteiger partial charge in [0, 0.05) is 6.07 Å². The van der Waals surface area contributed by atoms with Gasteiger partial charge in [-0.3, -0.25) is 14.9 Å². The Labute approximate surface area is 102 Å². The Bertz CT molecular complexity index is 522. The third-order valence-electron chi connectivity index (χ3n) is 2.02. The molecule has 0 N–H and O–H groups in total. The third kappa shape index (κ3) is 2.52. The zero-order valence-corrected chi connectivity index (χ0v) is 9.52. The van der Waals surface area contributed by atoms with E-state index in [1.807, 2.05) is 0 Å². The van der Waals surface area contributed by atoms with E-state index in [4.69, 9.17) is 21.6 Å². The zero-order valence-electron chi connectivity index (χ0n) is 8.77. The summed E-state index contributed by atoms with van der Waals surface area (Å²) in [6.07, 6.45) is 0. The highest BCUT2D eigenvalue weighted by Crippen LogP contribution is 2.32. The number of hydrogen-bond acceptors (Lipinski definition) is 5. The first-order valence-corrected chi connectivity index (χ1v) is 4.94. The summed E-state index contributed by atoms with van der Waals surface area (Å²) in [5, 5.41) is 19.5. The van der Waals surface area contributed by atoms with Crippen LogP contribution < -0.4 is 4.74 Å². The molecule has 0 fully saturated rings. The van der Waals surface area contributed by atoms with Gasteiger partial charge in [0.05, 0.1) is 35.1 Å². The molecule has 17 heavy (non-hydrogen) atoms. The average Bonchev–Trinajstić information content (AvgIpc) is 2.35. The standard InChI is InChI=1S/C10H7ClN2O4/c1-17-10-7(9(14)4-11)2-6(5-12)3-8(10)13(15)16/h2-3H,4H2,1H3. The van der Waals surface area contributed by atoms with Crippen LogP contribution in [0.3, 0.4) is 0 Å². The number of methoxy groups -OCH3 is 1. The molecule has 0 aromatic heterocycles. The fraction of sp³-hybridized carbons (Fsp3) is 0.200. The van der Waals surface area contributed by atoms with E-state index in [-0.39, 0.29) is 22.8 Å². The molecule has 1 aromatic carbocycles. The minimum atomic E-state index is -0.718. The molecule has 1 rings (SSSR count). The first-order valence-electron chi connectivity index (χ1n) is 4.40. The van der Waals surface area contributed by atoms with Crippen LogP contribution in [0.2, 0.25) is 0 Å². The van der Waals surface area contributed by atoms with Gasteiger partial charge in [-0.1, -0.05) is 0 Å². The van der Waals surface area contributed by atoms with Crippen LogP contribution in [0.15, 0.2) is 12.1 Å². The van der Waals surface area contributed by atoms with Crippen molar-refractivity contribution in [2.75, 3.05) is 13.0 Å². The number of Topliss-reactive ketones (excluding diaryl/α,β-unsaturated/α-hetero) is 1. The quantitative estimate of drug-likeness (QED) is 0.354. The van der Waals surface area contributed by atoms with Crippen LogP contribution in [0.5, 0.6) is 5.75 Å². The third-order valence-corrected chi connectivity index (χ3v) is 2.26. The maximum Gasteiger partial charge on any atom is 0.313 e. The first kappa shape index (κ1) is 12.9. The SMILES string of the molecule is COc1c(C(=O)CCl)cc(C#N)cc1[N+](=O)[O-]. The first-order chi connectivity index (χ1) is 8.04. The molecule has 0 aliphatic carbocycles. The molecule has 0 atom stereocenters. The highest BCUT2D eigenvalue weighted by atomic mass is 35.5. The van der Waals surface area contributed by atoms with Crippen molar-refractivity contribution in [3.05, 3.63) is 33.4 Å². The molecule has 0 saturated carbocycles. The minimum absolute atomic E-state index is 0.00552. The van der Waals surface area contributed by atoms with E-state index in [9.17, 15) is 14.9 Å². The molecule has 6 nitrogen and oxygen atoms in total. The Morgan fingerprint density at radius 1 is 1.65 bits per heavy atom. The van der Waals surface area contributed by atoms with Crippen molar-refractivity contribution in [3.8, 4) is 11.8 Å². The summed E-state index contributed by atoms with van der Waals surface area (Å²) in [6, 6.07) is 4.00. The van der Waals surface area contributed by atoms with Gasteiger partial charge in [0.25, 0.3) is 0 Å². The summed E-state index contributed by atoms with van der Waals surface area (Å²) >= 11 is 5.39. The maximum atomic E-state index is 11.5. The van der Waals surface area contributed by atoms with Crippen molar-refractivity contribution in [3.63, 3.8) is 0 Å². The van der Waals surface area contributed by atoms with E-state index >= 15 is 0 Å². The molecule has 0 saturated heterocycles. The number of ketones is 1. The number of nitro groups is 1. The topological polar surface area (TPSA) is 93.2 Å². The van der Waals surface area contributed by atoms with Crippen molar-refractivity contribution >= 4 is 23.1 Å². The largest absolute Gasteiger partial charge is 0.490 e. The van der Waals surface area contributed by atoms with Gasteiger partial charge in [-0.25, -0.2) is 0 Å². The Morgan fingerprint density at radius 3 is 2.71 bits per heavy atom. The van der Waals surface area contributed by atoms with Crippen molar-refractivity contribution in [1.29, 1.82) is 5.26 Å². The molecule has 0 aliphatic heterocycles. The number of halogens is 1. The fourth-order valence-corrected chi connectivity index (χ4v) is 1.45. The van der Waals surface area contributed by atoms with Gasteiger partial charge in [0.1, 0.15) is 0 Å². The zero-order chi connectivity index (χ0) is 13.0. The minimum Gasteiger partial charge on any atom is -0.490 e. The van der Waals surface area contributed by atoms with Crippen LogP contribution in [0.4, 0.5) is 5.69 Å². The average molecular weight is 255 g/mol. The van der Waals surface area contributed by atoms with Gasteiger partial charge in [0.15, 0.2) is 5.78 Å². The van der Waals surface area contributed by atoms with E-state index in [2.05, 4.69) is 0 Å². The second-order valence-corrected chi connectivity index (χ2v) is 3.27. The van der Waals surface area contributed by atoms with Crippen molar-refractivity contribution in [1.82, 2.24) is 0 Å². The van der Waals surface area contributed by atoms with Crippen LogP contribution in [-0.2, 0) is 0 Å². The van der Waals surface area contributed by atoms with Crippen molar-refractivity contribution < 1.29 is 14.5 Å². The Hall–Kier alpha value is -2.13. The summed E-state index contributed by atoms with van der Waals surface area (Å²) < 4.78 is 4.83. The summed E-state index contributed by atoms with van der Waals surface area (Å²) in [6.45, 7) is 0. The molecule has 0 amide bonds. The van der Waals surface area contributed by atoms with Crippen LogP contribution in [-0.4, -0.2) is 23.7 Å². The van der Waals surface area contributed by atoms with Crippen molar-refractivity contribution in [2.45, 2.75) is 0 Å². The Kier molecular flexibility index (Phi) is 4.01. The van der Waals surface area contributed by atoms with Gasteiger partial charge >= 0.3 is 5.69 Å². The lowest BCUT2D eigenvalue weighted by Crippen LogP contribution is -2.06. The van der Waals surface area contributed by atoms with Crippen molar-refractivity contribution in [2.24, 2.45) is 0 Å². The molecule has 0 unspecified atom stereocenters. The lowest BCUT2D eigenvalue weighted by Gasteiger charge is -2.07. The smallest absolute Gasteiger partial charge is 0.313 e. The summed E-state index contributed by atoms with van der Waals surface area (Å²) in [5.74, 6) is -1.06. The summed E-state index contributed by atoms with van der Waals surface area (Å²) in [5.41, 5.74) is -0.487. The monoisotopic (exact) mass is 254 g/mol.